The molecule has 0 radical (unpaired) electrons. The Labute approximate surface area is 202 Å². The van der Waals surface area contributed by atoms with E-state index in [0.717, 1.165) is 37.6 Å². The second kappa shape index (κ2) is 10.7. The number of hydrogen-bond donors (Lipinski definition) is 1. The number of halogens is 1. The van der Waals surface area contributed by atoms with Gasteiger partial charge in [-0.2, -0.15) is 0 Å². The highest BCUT2D eigenvalue weighted by Gasteiger charge is 2.28. The van der Waals surface area contributed by atoms with Crippen LogP contribution in [0.1, 0.15) is 19.6 Å². The van der Waals surface area contributed by atoms with Gasteiger partial charge in [0.2, 0.25) is 5.91 Å². The van der Waals surface area contributed by atoms with Gasteiger partial charge in [-0.15, -0.1) is 10.2 Å². The summed E-state index contributed by atoms with van der Waals surface area (Å²) in [6.07, 6.45) is 1.64. The highest BCUT2D eigenvalue weighted by atomic mass is 35.5. The average Bonchev–Trinajstić information content (AvgIpc) is 3.48. The zero-order valence-corrected chi connectivity index (χ0v) is 20.4. The molecule has 33 heavy (non-hydrogen) atoms. The van der Waals surface area contributed by atoms with Crippen molar-refractivity contribution in [3.05, 3.63) is 53.4 Å². The molecule has 0 spiro atoms. The Bertz CT molecular complexity index is 1050. The quantitative estimate of drug-likeness (QED) is 0.460. The molecule has 3 aromatic rings. The molecule has 2 aromatic heterocycles. The third kappa shape index (κ3) is 6.17. The fourth-order valence-corrected chi connectivity index (χ4v) is 4.58. The Morgan fingerprint density at radius 2 is 1.94 bits per heavy atom. The lowest BCUT2D eigenvalue weighted by molar-refractivity contribution is -0.119. The maximum atomic E-state index is 12.6. The first-order valence-electron chi connectivity index (χ1n) is 10.9. The molecule has 1 fully saturated rings. The minimum Gasteiger partial charge on any atom is -0.467 e. The van der Waals surface area contributed by atoms with Gasteiger partial charge in [0.25, 0.3) is 0 Å². The van der Waals surface area contributed by atoms with Gasteiger partial charge in [-0.25, -0.2) is 0 Å². The molecule has 8 nitrogen and oxygen atoms in total. The molecular formula is C23H28ClN5O3S. The van der Waals surface area contributed by atoms with Gasteiger partial charge in [-0.05, 0) is 50.2 Å². The van der Waals surface area contributed by atoms with Crippen LogP contribution in [-0.4, -0.2) is 69.7 Å². The SMILES string of the molecule is CC(C)(CNC(=O)CSc1nnc(-c2ccc(Cl)cc2)n1Cc1ccco1)N1CCOCC1. The van der Waals surface area contributed by atoms with Gasteiger partial charge in [0, 0.05) is 35.8 Å². The monoisotopic (exact) mass is 489 g/mol. The molecule has 1 aromatic carbocycles. The number of carbonyl (C=O) groups excluding carboxylic acids is 1. The van der Waals surface area contributed by atoms with E-state index in [1.54, 1.807) is 6.26 Å². The third-order valence-electron chi connectivity index (χ3n) is 5.63. The summed E-state index contributed by atoms with van der Waals surface area (Å²) in [5.74, 6) is 1.68. The number of aromatic nitrogens is 3. The fraction of sp³-hybridized carbons (Fsp3) is 0.435. The maximum Gasteiger partial charge on any atom is 0.230 e. The summed E-state index contributed by atoms with van der Waals surface area (Å²) >= 11 is 7.40. The van der Waals surface area contributed by atoms with E-state index in [-0.39, 0.29) is 17.2 Å². The molecule has 1 aliphatic heterocycles. The number of carbonyl (C=O) groups is 1. The molecule has 0 aliphatic carbocycles. The van der Waals surface area contributed by atoms with Crippen LogP contribution < -0.4 is 5.32 Å². The molecular weight excluding hydrogens is 462 g/mol. The minimum atomic E-state index is -0.134. The van der Waals surface area contributed by atoms with Crippen molar-refractivity contribution in [3.8, 4) is 11.4 Å². The van der Waals surface area contributed by atoms with E-state index in [4.69, 9.17) is 20.8 Å². The molecule has 1 N–H and O–H groups in total. The number of nitrogens with zero attached hydrogens (tertiary/aromatic N) is 4. The Balaban J connectivity index is 1.41. The van der Waals surface area contributed by atoms with Crippen molar-refractivity contribution in [2.24, 2.45) is 0 Å². The van der Waals surface area contributed by atoms with Crippen molar-refractivity contribution in [3.63, 3.8) is 0 Å². The summed E-state index contributed by atoms with van der Waals surface area (Å²) in [6.45, 7) is 8.53. The van der Waals surface area contributed by atoms with Crippen LogP contribution in [0.25, 0.3) is 11.4 Å². The standard InChI is InChI=1S/C23H28ClN5O3S/c1-23(2,28-9-12-31-13-10-28)16-25-20(30)15-33-22-27-26-21(17-5-7-18(24)8-6-17)29(22)14-19-4-3-11-32-19/h3-8,11H,9-10,12-16H2,1-2H3,(H,25,30). The van der Waals surface area contributed by atoms with Crippen molar-refractivity contribution in [2.75, 3.05) is 38.6 Å². The number of rotatable bonds is 9. The van der Waals surface area contributed by atoms with Crippen molar-refractivity contribution < 1.29 is 13.9 Å². The average molecular weight is 490 g/mol. The number of morpholine rings is 1. The van der Waals surface area contributed by atoms with Crippen LogP contribution in [0.4, 0.5) is 0 Å². The molecule has 0 unspecified atom stereocenters. The molecule has 4 rings (SSSR count). The van der Waals surface area contributed by atoms with Gasteiger partial charge in [0.05, 0.1) is 31.8 Å². The van der Waals surface area contributed by atoms with Crippen molar-refractivity contribution in [1.29, 1.82) is 0 Å². The van der Waals surface area contributed by atoms with Crippen molar-refractivity contribution in [2.45, 2.75) is 31.1 Å². The summed E-state index contributed by atoms with van der Waals surface area (Å²) in [7, 11) is 0. The number of nitrogens with one attached hydrogen (secondary N) is 1. The first-order chi connectivity index (χ1) is 15.9. The van der Waals surface area contributed by atoms with Crippen LogP contribution in [0.15, 0.2) is 52.2 Å². The lowest BCUT2D eigenvalue weighted by atomic mass is 10.0. The minimum absolute atomic E-state index is 0.0399. The van der Waals surface area contributed by atoms with E-state index in [2.05, 4.69) is 34.3 Å². The van der Waals surface area contributed by atoms with E-state index < -0.39 is 0 Å². The lowest BCUT2D eigenvalue weighted by Gasteiger charge is -2.40. The maximum absolute atomic E-state index is 12.6. The van der Waals surface area contributed by atoms with Crippen LogP contribution >= 0.6 is 23.4 Å². The van der Waals surface area contributed by atoms with Crippen LogP contribution in [0.5, 0.6) is 0 Å². The Morgan fingerprint density at radius 3 is 2.64 bits per heavy atom. The van der Waals surface area contributed by atoms with E-state index >= 15 is 0 Å². The zero-order valence-electron chi connectivity index (χ0n) is 18.8. The van der Waals surface area contributed by atoms with Crippen molar-refractivity contribution >= 4 is 29.3 Å². The number of ether oxygens (including phenoxy) is 1. The number of furan rings is 1. The van der Waals surface area contributed by atoms with Gasteiger partial charge in [-0.3, -0.25) is 14.3 Å². The summed E-state index contributed by atoms with van der Waals surface area (Å²) in [6, 6.07) is 11.2. The van der Waals surface area contributed by atoms with Crippen LogP contribution in [0.3, 0.4) is 0 Å². The highest BCUT2D eigenvalue weighted by Crippen LogP contribution is 2.26. The molecule has 1 aliphatic rings. The number of amides is 1. The fourth-order valence-electron chi connectivity index (χ4n) is 3.69. The normalized spacial score (nSPS) is 15.0. The molecule has 176 valence electrons. The first-order valence-corrected chi connectivity index (χ1v) is 12.2. The number of benzene rings is 1. The van der Waals surface area contributed by atoms with E-state index in [1.807, 2.05) is 41.0 Å². The summed E-state index contributed by atoms with van der Waals surface area (Å²) in [5, 5.41) is 13.1. The molecule has 1 amide bonds. The lowest BCUT2D eigenvalue weighted by Crippen LogP contribution is -2.55. The number of thioether (sulfide) groups is 1. The van der Waals surface area contributed by atoms with E-state index in [9.17, 15) is 4.79 Å². The molecule has 0 saturated carbocycles. The van der Waals surface area contributed by atoms with Crippen LogP contribution in [-0.2, 0) is 16.1 Å². The summed E-state index contributed by atoms with van der Waals surface area (Å²) in [4.78, 5) is 15.0. The second-order valence-electron chi connectivity index (χ2n) is 8.46. The Morgan fingerprint density at radius 1 is 1.18 bits per heavy atom. The predicted molar refractivity (Wildman–Crippen MR) is 128 cm³/mol. The van der Waals surface area contributed by atoms with Crippen LogP contribution in [0.2, 0.25) is 5.02 Å². The second-order valence-corrected chi connectivity index (χ2v) is 9.83. The molecule has 3 heterocycles. The highest BCUT2D eigenvalue weighted by molar-refractivity contribution is 7.99. The third-order valence-corrected chi connectivity index (χ3v) is 6.85. The van der Waals surface area contributed by atoms with E-state index in [0.29, 0.717) is 29.1 Å². The summed E-state index contributed by atoms with van der Waals surface area (Å²) in [5.41, 5.74) is 0.757. The smallest absolute Gasteiger partial charge is 0.230 e. The summed E-state index contributed by atoms with van der Waals surface area (Å²) < 4.78 is 12.9. The molecule has 0 bridgehead atoms. The topological polar surface area (TPSA) is 85.4 Å². The largest absolute Gasteiger partial charge is 0.467 e. The van der Waals surface area contributed by atoms with Gasteiger partial charge in [0.1, 0.15) is 5.76 Å². The van der Waals surface area contributed by atoms with Gasteiger partial charge >= 0.3 is 0 Å². The van der Waals surface area contributed by atoms with Crippen molar-refractivity contribution in [1.82, 2.24) is 25.0 Å². The van der Waals surface area contributed by atoms with Gasteiger partial charge in [-0.1, -0.05) is 23.4 Å². The first kappa shape index (κ1) is 23.8. The molecule has 10 heteroatoms. The Kier molecular flexibility index (Phi) is 7.75. The predicted octanol–water partition coefficient (Wildman–Crippen LogP) is 3.56. The van der Waals surface area contributed by atoms with Gasteiger partial charge < -0.3 is 14.5 Å². The van der Waals surface area contributed by atoms with Crippen LogP contribution in [0, 0.1) is 0 Å². The number of hydrogen-bond acceptors (Lipinski definition) is 7. The molecule has 0 atom stereocenters. The van der Waals surface area contributed by atoms with Gasteiger partial charge in [0.15, 0.2) is 11.0 Å². The van der Waals surface area contributed by atoms with E-state index in [1.165, 1.54) is 11.8 Å². The molecule has 1 saturated heterocycles. The Hall–Kier alpha value is -2.33. The zero-order chi connectivity index (χ0) is 23.3.